The van der Waals surface area contributed by atoms with Crippen molar-refractivity contribution in [2.24, 2.45) is 0 Å². The van der Waals surface area contributed by atoms with E-state index in [2.05, 4.69) is 38.1 Å². The summed E-state index contributed by atoms with van der Waals surface area (Å²) < 4.78 is 0. The van der Waals surface area contributed by atoms with Crippen molar-refractivity contribution in [3.63, 3.8) is 0 Å². The summed E-state index contributed by atoms with van der Waals surface area (Å²) in [7, 11) is 0. The van der Waals surface area contributed by atoms with Crippen molar-refractivity contribution in [1.29, 1.82) is 0 Å². The van der Waals surface area contributed by atoms with Gasteiger partial charge < -0.3 is 16.0 Å². The Morgan fingerprint density at radius 1 is 0.950 bits per heavy atom. The Labute approximate surface area is 118 Å². The smallest absolute Gasteiger partial charge is 0.149 e. The van der Waals surface area contributed by atoms with E-state index in [1.54, 1.807) is 12.4 Å². The lowest BCUT2D eigenvalue weighted by Crippen LogP contribution is -2.21. The molecule has 0 unspecified atom stereocenters. The molecule has 0 saturated carbocycles. The van der Waals surface area contributed by atoms with Gasteiger partial charge in [-0.25, -0.2) is 4.98 Å². The van der Waals surface area contributed by atoms with E-state index in [4.69, 9.17) is 0 Å². The summed E-state index contributed by atoms with van der Waals surface area (Å²) in [5.41, 5.74) is 3.46. The molecule has 2 aliphatic heterocycles. The SMILES string of the molecule is C1=Cc2cnccc2NC1.c1cnc2c(c1)NCCN2. The lowest BCUT2D eigenvalue weighted by Gasteiger charge is -2.17. The van der Waals surface area contributed by atoms with Gasteiger partial charge in [-0.1, -0.05) is 12.2 Å². The van der Waals surface area contributed by atoms with Gasteiger partial charge in [0, 0.05) is 49.5 Å². The minimum atomic E-state index is 0.928. The summed E-state index contributed by atoms with van der Waals surface area (Å²) in [5.74, 6) is 0.966. The molecule has 2 aliphatic rings. The second kappa shape index (κ2) is 6.06. The molecule has 2 aromatic rings. The van der Waals surface area contributed by atoms with E-state index in [0.29, 0.717) is 0 Å². The summed E-state index contributed by atoms with van der Waals surface area (Å²) in [6.45, 7) is 2.87. The topological polar surface area (TPSA) is 61.9 Å². The van der Waals surface area contributed by atoms with Crippen LogP contribution in [0, 0.1) is 0 Å². The third kappa shape index (κ3) is 2.88. The molecule has 0 saturated heterocycles. The van der Waals surface area contributed by atoms with Crippen molar-refractivity contribution in [2.45, 2.75) is 0 Å². The minimum Gasteiger partial charge on any atom is -0.381 e. The zero-order chi connectivity index (χ0) is 13.6. The Morgan fingerprint density at radius 3 is 2.80 bits per heavy atom. The molecule has 0 bridgehead atoms. The number of rotatable bonds is 0. The zero-order valence-corrected chi connectivity index (χ0v) is 11.1. The van der Waals surface area contributed by atoms with Crippen molar-refractivity contribution in [3.8, 4) is 0 Å². The normalized spacial score (nSPS) is 14.4. The van der Waals surface area contributed by atoms with Crippen LogP contribution in [0.5, 0.6) is 0 Å². The molecule has 0 fully saturated rings. The van der Waals surface area contributed by atoms with E-state index >= 15 is 0 Å². The molecule has 0 aromatic carbocycles. The highest BCUT2D eigenvalue weighted by Gasteiger charge is 2.05. The fourth-order valence-corrected chi connectivity index (χ4v) is 2.12. The van der Waals surface area contributed by atoms with Crippen molar-refractivity contribution < 1.29 is 0 Å². The van der Waals surface area contributed by atoms with Crippen LogP contribution < -0.4 is 16.0 Å². The van der Waals surface area contributed by atoms with E-state index in [0.717, 1.165) is 31.1 Å². The Hall–Kier alpha value is -2.56. The summed E-state index contributed by atoms with van der Waals surface area (Å²) >= 11 is 0. The number of fused-ring (bicyclic) bond motifs is 2. The first-order valence-corrected chi connectivity index (χ1v) is 6.71. The maximum Gasteiger partial charge on any atom is 0.149 e. The molecule has 102 valence electrons. The summed E-state index contributed by atoms with van der Waals surface area (Å²) in [5, 5.41) is 9.66. The summed E-state index contributed by atoms with van der Waals surface area (Å²) in [6.07, 6.45) is 9.62. The first-order valence-electron chi connectivity index (χ1n) is 6.71. The number of nitrogens with one attached hydrogen (secondary N) is 3. The van der Waals surface area contributed by atoms with E-state index in [1.807, 2.05) is 24.4 Å². The maximum absolute atomic E-state index is 4.15. The Morgan fingerprint density at radius 2 is 1.90 bits per heavy atom. The fraction of sp³-hybridized carbons (Fsp3) is 0.200. The molecule has 2 aromatic heterocycles. The molecule has 0 atom stereocenters. The number of pyridine rings is 2. The van der Waals surface area contributed by atoms with Gasteiger partial charge >= 0.3 is 0 Å². The predicted octanol–water partition coefficient (Wildman–Crippen LogP) is 2.44. The molecular weight excluding hydrogens is 250 g/mol. The molecule has 5 heteroatoms. The standard InChI is InChI=1S/C8H8N2.C7H9N3/c1-2-7-6-9-5-3-8(7)10-4-1;1-2-6-7(9-3-1)10-5-4-8-6/h1-3,5-6,10H,4H2;1-3,8H,4-5H2,(H,9,10). The van der Waals surface area contributed by atoms with Crippen LogP contribution in [0.4, 0.5) is 17.2 Å². The third-order valence-corrected chi connectivity index (χ3v) is 3.10. The average molecular weight is 267 g/mol. The lowest BCUT2D eigenvalue weighted by atomic mass is 10.2. The first kappa shape index (κ1) is 12.5. The number of anilines is 3. The van der Waals surface area contributed by atoms with Crippen LogP contribution in [0.15, 0.2) is 42.9 Å². The third-order valence-electron chi connectivity index (χ3n) is 3.10. The first-order chi connectivity index (χ1) is 9.93. The van der Waals surface area contributed by atoms with Gasteiger partial charge in [0.15, 0.2) is 0 Å². The number of aromatic nitrogens is 2. The van der Waals surface area contributed by atoms with Crippen molar-refractivity contribution >= 4 is 23.3 Å². The Kier molecular flexibility index (Phi) is 3.78. The molecule has 0 amide bonds. The monoisotopic (exact) mass is 267 g/mol. The van der Waals surface area contributed by atoms with Gasteiger partial charge in [0.25, 0.3) is 0 Å². The van der Waals surface area contributed by atoms with Gasteiger partial charge in [-0.2, -0.15) is 0 Å². The van der Waals surface area contributed by atoms with E-state index in [-0.39, 0.29) is 0 Å². The fourth-order valence-electron chi connectivity index (χ4n) is 2.12. The highest BCUT2D eigenvalue weighted by atomic mass is 15.1. The second-order valence-corrected chi connectivity index (χ2v) is 4.50. The quantitative estimate of drug-likeness (QED) is 0.684. The van der Waals surface area contributed by atoms with Crippen LogP contribution in [0.2, 0.25) is 0 Å². The van der Waals surface area contributed by atoms with Crippen molar-refractivity contribution in [2.75, 3.05) is 35.6 Å². The average Bonchev–Trinajstić information content (AvgIpc) is 2.56. The molecule has 3 N–H and O–H groups in total. The van der Waals surface area contributed by atoms with Crippen molar-refractivity contribution in [1.82, 2.24) is 9.97 Å². The van der Waals surface area contributed by atoms with Gasteiger partial charge in [-0.3, -0.25) is 4.98 Å². The van der Waals surface area contributed by atoms with E-state index in [1.165, 1.54) is 11.3 Å². The Balaban J connectivity index is 0.000000121. The number of hydrogen-bond acceptors (Lipinski definition) is 5. The van der Waals surface area contributed by atoms with Gasteiger partial charge in [0.2, 0.25) is 0 Å². The lowest BCUT2D eigenvalue weighted by molar-refractivity contribution is 1.02. The molecule has 4 rings (SSSR count). The van der Waals surface area contributed by atoms with Crippen LogP contribution in [-0.2, 0) is 0 Å². The van der Waals surface area contributed by atoms with E-state index in [9.17, 15) is 0 Å². The van der Waals surface area contributed by atoms with Gasteiger partial charge in [-0.15, -0.1) is 0 Å². The molecule has 0 aliphatic carbocycles. The summed E-state index contributed by atoms with van der Waals surface area (Å²) in [4.78, 5) is 8.15. The number of hydrogen-bond donors (Lipinski definition) is 3. The highest BCUT2D eigenvalue weighted by molar-refractivity contribution is 5.68. The zero-order valence-electron chi connectivity index (χ0n) is 11.1. The molecule has 4 heterocycles. The molecule has 0 radical (unpaired) electrons. The molecule has 20 heavy (non-hydrogen) atoms. The second-order valence-electron chi connectivity index (χ2n) is 4.50. The molecular formula is C15H17N5. The van der Waals surface area contributed by atoms with Crippen LogP contribution in [-0.4, -0.2) is 29.6 Å². The van der Waals surface area contributed by atoms with Gasteiger partial charge in [0.1, 0.15) is 5.82 Å². The van der Waals surface area contributed by atoms with Crippen molar-refractivity contribution in [3.05, 3.63) is 48.4 Å². The summed E-state index contributed by atoms with van der Waals surface area (Å²) in [6, 6.07) is 5.94. The molecule has 5 nitrogen and oxygen atoms in total. The van der Waals surface area contributed by atoms with E-state index < -0.39 is 0 Å². The van der Waals surface area contributed by atoms with Gasteiger partial charge in [-0.05, 0) is 18.2 Å². The number of nitrogens with zero attached hydrogens (tertiary/aromatic N) is 2. The van der Waals surface area contributed by atoms with Crippen LogP contribution >= 0.6 is 0 Å². The van der Waals surface area contributed by atoms with Crippen LogP contribution in [0.3, 0.4) is 0 Å². The minimum absolute atomic E-state index is 0.928. The Bertz CT molecular complexity index is 584. The maximum atomic E-state index is 4.15. The van der Waals surface area contributed by atoms with Gasteiger partial charge in [0.05, 0.1) is 5.69 Å². The predicted molar refractivity (Wildman–Crippen MR) is 83.0 cm³/mol. The largest absolute Gasteiger partial charge is 0.381 e. The highest BCUT2D eigenvalue weighted by Crippen LogP contribution is 2.19. The molecule has 0 spiro atoms. The van der Waals surface area contributed by atoms with Crippen LogP contribution in [0.25, 0.3) is 6.08 Å². The van der Waals surface area contributed by atoms with Crippen LogP contribution in [0.1, 0.15) is 5.56 Å².